The van der Waals surface area contributed by atoms with Crippen LogP contribution in [0.4, 0.5) is 0 Å². The molecular weight excluding hydrogens is 326 g/mol. The van der Waals surface area contributed by atoms with Gasteiger partial charge < -0.3 is 9.84 Å². The average Bonchev–Trinajstić information content (AvgIpc) is 3.08. The second-order valence-corrected chi connectivity index (χ2v) is 6.76. The van der Waals surface area contributed by atoms with E-state index in [0.717, 1.165) is 47.6 Å². The first-order valence-electron chi connectivity index (χ1n) is 6.53. The summed E-state index contributed by atoms with van der Waals surface area (Å²) in [4.78, 5) is 5.69. The van der Waals surface area contributed by atoms with E-state index in [2.05, 4.69) is 38.3 Å². The zero-order chi connectivity index (χ0) is 13.3. The fourth-order valence-electron chi connectivity index (χ4n) is 2.59. The Kier molecular flexibility index (Phi) is 3.73. The van der Waals surface area contributed by atoms with Gasteiger partial charge >= 0.3 is 0 Å². The van der Waals surface area contributed by atoms with Gasteiger partial charge in [-0.15, -0.1) is 11.3 Å². The highest BCUT2D eigenvalue weighted by molar-refractivity contribution is 9.10. The average molecular weight is 342 g/mol. The highest BCUT2D eigenvalue weighted by Gasteiger charge is 2.37. The maximum absolute atomic E-state index is 5.56. The third-order valence-corrected chi connectivity index (χ3v) is 5.59. The second-order valence-electron chi connectivity index (χ2n) is 4.94. The molecule has 3 rings (SSSR count). The van der Waals surface area contributed by atoms with E-state index in [9.17, 15) is 0 Å². The molecule has 0 amide bonds. The van der Waals surface area contributed by atoms with Crippen LogP contribution in [0.15, 0.2) is 20.4 Å². The number of piperidine rings is 1. The van der Waals surface area contributed by atoms with Gasteiger partial charge in [0.1, 0.15) is 0 Å². The van der Waals surface area contributed by atoms with Crippen molar-refractivity contribution in [3.05, 3.63) is 21.8 Å². The molecule has 1 aliphatic rings. The SMILES string of the molecule is CCC1(c2nc(-c3cc(Br)cs3)no2)CCNCC1. The minimum Gasteiger partial charge on any atom is -0.338 e. The van der Waals surface area contributed by atoms with Crippen molar-refractivity contribution in [1.29, 1.82) is 0 Å². The zero-order valence-electron chi connectivity index (χ0n) is 10.8. The number of nitrogens with one attached hydrogen (secondary N) is 1. The molecule has 0 saturated carbocycles. The third-order valence-electron chi connectivity index (χ3n) is 3.90. The smallest absolute Gasteiger partial charge is 0.233 e. The van der Waals surface area contributed by atoms with Crippen LogP contribution in [-0.4, -0.2) is 23.2 Å². The molecule has 3 heterocycles. The van der Waals surface area contributed by atoms with Crippen molar-refractivity contribution in [2.45, 2.75) is 31.6 Å². The molecule has 19 heavy (non-hydrogen) atoms. The number of rotatable bonds is 3. The largest absolute Gasteiger partial charge is 0.338 e. The first-order chi connectivity index (χ1) is 9.23. The van der Waals surface area contributed by atoms with E-state index in [1.165, 1.54) is 0 Å². The summed E-state index contributed by atoms with van der Waals surface area (Å²) in [5.41, 5.74) is 0.0605. The highest BCUT2D eigenvalue weighted by atomic mass is 79.9. The number of hydrogen-bond acceptors (Lipinski definition) is 5. The van der Waals surface area contributed by atoms with E-state index in [-0.39, 0.29) is 5.41 Å². The summed E-state index contributed by atoms with van der Waals surface area (Å²) < 4.78 is 6.63. The fraction of sp³-hybridized carbons (Fsp3) is 0.538. The van der Waals surface area contributed by atoms with E-state index >= 15 is 0 Å². The Balaban J connectivity index is 1.91. The minimum atomic E-state index is 0.0605. The molecule has 1 aliphatic heterocycles. The molecule has 1 N–H and O–H groups in total. The molecule has 0 bridgehead atoms. The first-order valence-corrected chi connectivity index (χ1v) is 8.20. The van der Waals surface area contributed by atoms with Crippen molar-refractivity contribution in [2.24, 2.45) is 0 Å². The summed E-state index contributed by atoms with van der Waals surface area (Å²) in [5, 5.41) is 9.58. The quantitative estimate of drug-likeness (QED) is 0.926. The number of halogens is 1. The molecule has 1 saturated heterocycles. The molecule has 0 atom stereocenters. The van der Waals surface area contributed by atoms with Gasteiger partial charge in [-0.25, -0.2) is 0 Å². The lowest BCUT2D eigenvalue weighted by Gasteiger charge is -2.33. The molecule has 0 unspecified atom stereocenters. The van der Waals surface area contributed by atoms with Gasteiger partial charge in [0.25, 0.3) is 0 Å². The van der Waals surface area contributed by atoms with E-state index in [4.69, 9.17) is 4.52 Å². The molecular formula is C13H16BrN3OS. The van der Waals surface area contributed by atoms with Crippen molar-refractivity contribution in [2.75, 3.05) is 13.1 Å². The van der Waals surface area contributed by atoms with E-state index in [1.54, 1.807) is 11.3 Å². The molecule has 2 aromatic heterocycles. The van der Waals surface area contributed by atoms with Crippen molar-refractivity contribution < 1.29 is 4.52 Å². The van der Waals surface area contributed by atoms with Gasteiger partial charge in [0, 0.05) is 9.85 Å². The van der Waals surface area contributed by atoms with Gasteiger partial charge in [0.15, 0.2) is 0 Å². The third kappa shape index (κ3) is 2.49. The predicted octanol–water partition coefficient (Wildman–Crippen LogP) is 3.59. The highest BCUT2D eigenvalue weighted by Crippen LogP contribution is 2.37. The van der Waals surface area contributed by atoms with Crippen molar-refractivity contribution >= 4 is 27.3 Å². The van der Waals surface area contributed by atoms with Gasteiger partial charge in [-0.2, -0.15) is 4.98 Å². The summed E-state index contributed by atoms with van der Waals surface area (Å²) in [6.45, 7) is 4.25. The van der Waals surface area contributed by atoms with Crippen molar-refractivity contribution in [1.82, 2.24) is 15.5 Å². The molecule has 0 aliphatic carbocycles. The van der Waals surface area contributed by atoms with E-state index in [0.29, 0.717) is 5.82 Å². The second kappa shape index (κ2) is 5.34. The number of aromatic nitrogens is 2. The summed E-state index contributed by atoms with van der Waals surface area (Å²) in [5.74, 6) is 1.51. The molecule has 0 aromatic carbocycles. The van der Waals surface area contributed by atoms with Crippen LogP contribution >= 0.6 is 27.3 Å². The predicted molar refractivity (Wildman–Crippen MR) is 79.4 cm³/mol. The lowest BCUT2D eigenvalue weighted by atomic mass is 9.76. The lowest BCUT2D eigenvalue weighted by molar-refractivity contribution is 0.216. The molecule has 1 fully saturated rings. The van der Waals surface area contributed by atoms with Gasteiger partial charge in [0.05, 0.1) is 10.3 Å². The van der Waals surface area contributed by atoms with Crippen LogP contribution in [0.5, 0.6) is 0 Å². The molecule has 0 radical (unpaired) electrons. The van der Waals surface area contributed by atoms with Gasteiger partial charge in [-0.3, -0.25) is 0 Å². The number of thiophene rings is 1. The monoisotopic (exact) mass is 341 g/mol. The lowest BCUT2D eigenvalue weighted by Crippen LogP contribution is -2.39. The Labute approximate surface area is 124 Å². The standard InChI is InChI=1S/C13H16BrN3OS/c1-2-13(3-5-15-6-4-13)12-16-11(17-18-12)10-7-9(14)8-19-10/h7-8,15H,2-6H2,1H3. The zero-order valence-corrected chi connectivity index (χ0v) is 13.2. The number of hydrogen-bond donors (Lipinski definition) is 1. The van der Waals surface area contributed by atoms with Gasteiger partial charge in [-0.05, 0) is 54.3 Å². The maximum Gasteiger partial charge on any atom is 0.233 e. The van der Waals surface area contributed by atoms with Crippen LogP contribution in [0.2, 0.25) is 0 Å². The van der Waals surface area contributed by atoms with Crippen molar-refractivity contribution in [3.8, 4) is 10.7 Å². The van der Waals surface area contributed by atoms with Crippen LogP contribution < -0.4 is 5.32 Å². The Morgan fingerprint density at radius 3 is 2.89 bits per heavy atom. The summed E-state index contributed by atoms with van der Waals surface area (Å²) in [7, 11) is 0. The van der Waals surface area contributed by atoms with E-state index in [1.807, 2.05) is 11.4 Å². The Morgan fingerprint density at radius 2 is 2.26 bits per heavy atom. The molecule has 4 nitrogen and oxygen atoms in total. The van der Waals surface area contributed by atoms with Crippen LogP contribution in [0.1, 0.15) is 32.1 Å². The number of nitrogens with zero attached hydrogens (tertiary/aromatic N) is 2. The Bertz CT molecular complexity index is 560. The topological polar surface area (TPSA) is 51.0 Å². The Hall–Kier alpha value is -0.720. The van der Waals surface area contributed by atoms with Crippen LogP contribution in [0.3, 0.4) is 0 Å². The van der Waals surface area contributed by atoms with Crippen LogP contribution in [0.25, 0.3) is 10.7 Å². The normalized spacial score (nSPS) is 18.6. The van der Waals surface area contributed by atoms with Crippen LogP contribution in [-0.2, 0) is 5.41 Å². The summed E-state index contributed by atoms with van der Waals surface area (Å²) in [6, 6.07) is 2.03. The van der Waals surface area contributed by atoms with E-state index < -0.39 is 0 Å². The molecule has 0 spiro atoms. The van der Waals surface area contributed by atoms with Gasteiger partial charge in [0.2, 0.25) is 11.7 Å². The summed E-state index contributed by atoms with van der Waals surface area (Å²) >= 11 is 5.08. The Morgan fingerprint density at radius 1 is 1.47 bits per heavy atom. The fourth-order valence-corrected chi connectivity index (χ4v) is 3.94. The van der Waals surface area contributed by atoms with Crippen LogP contribution in [0, 0.1) is 0 Å². The first kappa shape index (κ1) is 13.3. The molecule has 6 heteroatoms. The molecule has 102 valence electrons. The molecule has 2 aromatic rings. The maximum atomic E-state index is 5.56. The summed E-state index contributed by atoms with van der Waals surface area (Å²) in [6.07, 6.45) is 3.18. The minimum absolute atomic E-state index is 0.0605. The van der Waals surface area contributed by atoms with Crippen molar-refractivity contribution in [3.63, 3.8) is 0 Å². The van der Waals surface area contributed by atoms with Gasteiger partial charge in [-0.1, -0.05) is 12.1 Å².